The number of hydrogen-bond acceptors (Lipinski definition) is 4. The number of ether oxygens (including phenoxy) is 1. The monoisotopic (exact) mass is 285 g/mol. The van der Waals surface area contributed by atoms with E-state index in [4.69, 9.17) is 10.5 Å². The summed E-state index contributed by atoms with van der Waals surface area (Å²) in [6, 6.07) is 0.398. The van der Waals surface area contributed by atoms with Gasteiger partial charge in [0.25, 0.3) is 0 Å². The van der Waals surface area contributed by atoms with Crippen molar-refractivity contribution in [2.24, 2.45) is 0 Å². The van der Waals surface area contributed by atoms with Crippen molar-refractivity contribution in [3.8, 4) is 0 Å². The van der Waals surface area contributed by atoms with E-state index in [-0.39, 0.29) is 0 Å². The summed E-state index contributed by atoms with van der Waals surface area (Å²) in [5.74, 6) is 0. The maximum absolute atomic E-state index is 5.99. The maximum atomic E-state index is 5.99. The van der Waals surface area contributed by atoms with Crippen LogP contribution >= 0.6 is 15.9 Å². The van der Waals surface area contributed by atoms with Crippen molar-refractivity contribution in [1.29, 1.82) is 0 Å². The molecular weight excluding hydrogens is 270 g/mol. The van der Waals surface area contributed by atoms with E-state index in [1.165, 1.54) is 0 Å². The Kier molecular flexibility index (Phi) is 3.66. The lowest BCUT2D eigenvalue weighted by molar-refractivity contribution is 0.0930. The highest BCUT2D eigenvalue weighted by Gasteiger charge is 2.24. The largest absolute Gasteiger partial charge is 0.396 e. The first-order valence-corrected chi connectivity index (χ1v) is 6.26. The second kappa shape index (κ2) is 5.01. The molecule has 1 aromatic rings. The molecule has 0 radical (unpaired) electrons. The third-order valence-electron chi connectivity index (χ3n) is 2.89. The predicted octanol–water partition coefficient (Wildman–Crippen LogP) is 2.04. The second-order valence-electron chi connectivity index (χ2n) is 3.89. The fourth-order valence-corrected chi connectivity index (χ4v) is 2.61. The van der Waals surface area contributed by atoms with Crippen LogP contribution in [0.5, 0.6) is 0 Å². The summed E-state index contributed by atoms with van der Waals surface area (Å²) in [4.78, 5) is 6.37. The zero-order chi connectivity index (χ0) is 11.5. The van der Waals surface area contributed by atoms with E-state index in [0.29, 0.717) is 6.04 Å². The van der Waals surface area contributed by atoms with Crippen molar-refractivity contribution in [3.63, 3.8) is 0 Å². The topological polar surface area (TPSA) is 51.4 Å². The van der Waals surface area contributed by atoms with Gasteiger partial charge in [-0.3, -0.25) is 4.98 Å². The molecule has 88 valence electrons. The van der Waals surface area contributed by atoms with Gasteiger partial charge in [-0.2, -0.15) is 0 Å². The van der Waals surface area contributed by atoms with Crippen molar-refractivity contribution in [3.05, 3.63) is 16.9 Å². The van der Waals surface area contributed by atoms with Gasteiger partial charge >= 0.3 is 0 Å². The van der Waals surface area contributed by atoms with Gasteiger partial charge in [0.15, 0.2) is 0 Å². The number of rotatable bonds is 2. The fourth-order valence-electron chi connectivity index (χ4n) is 2.03. The highest BCUT2D eigenvalue weighted by Crippen LogP contribution is 2.33. The molecule has 1 fully saturated rings. The first-order chi connectivity index (χ1) is 7.74. The number of nitrogens with zero attached hydrogens (tertiary/aromatic N) is 2. The molecule has 0 bridgehead atoms. The van der Waals surface area contributed by atoms with E-state index in [1.807, 2.05) is 0 Å². The summed E-state index contributed by atoms with van der Waals surface area (Å²) in [6.07, 6.45) is 4.53. The smallest absolute Gasteiger partial charge is 0.0780 e. The Balaban J connectivity index is 2.34. The van der Waals surface area contributed by atoms with Gasteiger partial charge in [0.2, 0.25) is 0 Å². The number of aromatic nitrogens is 1. The molecule has 0 aliphatic carbocycles. The minimum atomic E-state index is 0.398. The molecule has 1 saturated heterocycles. The quantitative estimate of drug-likeness (QED) is 0.904. The van der Waals surface area contributed by atoms with Crippen LogP contribution in [0.15, 0.2) is 16.9 Å². The summed E-state index contributed by atoms with van der Waals surface area (Å²) in [5, 5.41) is 0. The molecule has 2 heterocycles. The van der Waals surface area contributed by atoms with Gasteiger partial charge in [0.05, 0.1) is 41.3 Å². The summed E-state index contributed by atoms with van der Waals surface area (Å²) >= 11 is 3.51. The lowest BCUT2D eigenvalue weighted by atomic mass is 10.1. The number of nitrogen functional groups attached to an aromatic ring is 1. The average Bonchev–Trinajstić information content (AvgIpc) is 2.29. The zero-order valence-electron chi connectivity index (χ0n) is 9.32. The molecular formula is C11H16BrN3O. The Morgan fingerprint density at radius 1 is 1.62 bits per heavy atom. The molecule has 4 nitrogen and oxygen atoms in total. The predicted molar refractivity (Wildman–Crippen MR) is 68.6 cm³/mol. The van der Waals surface area contributed by atoms with Crippen LogP contribution in [-0.4, -0.2) is 30.8 Å². The van der Waals surface area contributed by atoms with Crippen LogP contribution in [-0.2, 0) is 4.74 Å². The molecule has 2 rings (SSSR count). The van der Waals surface area contributed by atoms with E-state index >= 15 is 0 Å². The summed E-state index contributed by atoms with van der Waals surface area (Å²) in [5.41, 5.74) is 7.76. The molecule has 1 aliphatic heterocycles. The minimum Gasteiger partial charge on any atom is -0.396 e. The van der Waals surface area contributed by atoms with Crippen molar-refractivity contribution >= 4 is 27.3 Å². The third kappa shape index (κ3) is 2.15. The Bertz CT molecular complexity index is 352. The van der Waals surface area contributed by atoms with Gasteiger partial charge in [-0.1, -0.05) is 6.92 Å². The molecule has 1 unspecified atom stereocenters. The van der Waals surface area contributed by atoms with Crippen LogP contribution in [0.2, 0.25) is 0 Å². The van der Waals surface area contributed by atoms with Crippen LogP contribution in [0.25, 0.3) is 0 Å². The normalized spacial score (nSPS) is 21.1. The molecule has 1 aromatic heterocycles. The number of nitrogens with two attached hydrogens (primary N) is 1. The van der Waals surface area contributed by atoms with Crippen LogP contribution in [0.4, 0.5) is 11.4 Å². The summed E-state index contributed by atoms with van der Waals surface area (Å²) in [6.45, 7) is 4.57. The molecule has 1 aliphatic rings. The number of pyridine rings is 1. The summed E-state index contributed by atoms with van der Waals surface area (Å²) in [7, 11) is 0. The van der Waals surface area contributed by atoms with Gasteiger partial charge in [0, 0.05) is 12.7 Å². The second-order valence-corrected chi connectivity index (χ2v) is 4.74. The SMILES string of the molecule is CCC1COCCN1c1c(N)cncc1Br. The molecule has 0 amide bonds. The molecule has 2 N–H and O–H groups in total. The van der Waals surface area contributed by atoms with Crippen molar-refractivity contribution in [1.82, 2.24) is 4.98 Å². The standard InChI is InChI=1S/C11H16BrN3O/c1-2-8-7-16-4-3-15(8)11-9(12)5-14-6-10(11)13/h5-6,8H,2-4,7,13H2,1H3. The maximum Gasteiger partial charge on any atom is 0.0780 e. The van der Waals surface area contributed by atoms with Crippen molar-refractivity contribution in [2.45, 2.75) is 19.4 Å². The van der Waals surface area contributed by atoms with Crippen LogP contribution < -0.4 is 10.6 Å². The van der Waals surface area contributed by atoms with Gasteiger partial charge in [-0.25, -0.2) is 0 Å². The van der Waals surface area contributed by atoms with Gasteiger partial charge in [-0.05, 0) is 22.4 Å². The van der Waals surface area contributed by atoms with Crippen LogP contribution in [0.3, 0.4) is 0 Å². The van der Waals surface area contributed by atoms with E-state index < -0.39 is 0 Å². The number of halogens is 1. The number of anilines is 2. The Morgan fingerprint density at radius 2 is 2.44 bits per heavy atom. The minimum absolute atomic E-state index is 0.398. The van der Waals surface area contributed by atoms with Gasteiger partial charge in [-0.15, -0.1) is 0 Å². The molecule has 5 heteroatoms. The molecule has 16 heavy (non-hydrogen) atoms. The number of morpholine rings is 1. The lowest BCUT2D eigenvalue weighted by Gasteiger charge is -2.37. The highest BCUT2D eigenvalue weighted by molar-refractivity contribution is 9.10. The Morgan fingerprint density at radius 3 is 3.12 bits per heavy atom. The molecule has 1 atom stereocenters. The van der Waals surface area contributed by atoms with E-state index in [0.717, 1.165) is 42.0 Å². The highest BCUT2D eigenvalue weighted by atomic mass is 79.9. The average molecular weight is 286 g/mol. The first kappa shape index (κ1) is 11.7. The third-order valence-corrected chi connectivity index (χ3v) is 3.47. The lowest BCUT2D eigenvalue weighted by Crippen LogP contribution is -2.45. The van der Waals surface area contributed by atoms with E-state index in [2.05, 4.69) is 32.7 Å². The number of hydrogen-bond donors (Lipinski definition) is 1. The summed E-state index contributed by atoms with van der Waals surface area (Å²) < 4.78 is 6.44. The van der Waals surface area contributed by atoms with Crippen LogP contribution in [0, 0.1) is 0 Å². The Hall–Kier alpha value is -0.810. The zero-order valence-corrected chi connectivity index (χ0v) is 10.9. The van der Waals surface area contributed by atoms with E-state index in [1.54, 1.807) is 12.4 Å². The Labute approximate surface area is 104 Å². The van der Waals surface area contributed by atoms with E-state index in [9.17, 15) is 0 Å². The van der Waals surface area contributed by atoms with Crippen molar-refractivity contribution < 1.29 is 4.74 Å². The molecule has 0 aromatic carbocycles. The molecule has 0 spiro atoms. The van der Waals surface area contributed by atoms with Crippen LogP contribution in [0.1, 0.15) is 13.3 Å². The fraction of sp³-hybridized carbons (Fsp3) is 0.545. The van der Waals surface area contributed by atoms with Crippen molar-refractivity contribution in [2.75, 3.05) is 30.4 Å². The first-order valence-electron chi connectivity index (χ1n) is 5.47. The van der Waals surface area contributed by atoms with Gasteiger partial charge in [0.1, 0.15) is 0 Å². The molecule has 0 saturated carbocycles. The van der Waals surface area contributed by atoms with Gasteiger partial charge < -0.3 is 15.4 Å².